The highest BCUT2D eigenvalue weighted by molar-refractivity contribution is 9.10. The van der Waals surface area contributed by atoms with E-state index in [-0.39, 0.29) is 12.5 Å². The van der Waals surface area contributed by atoms with Crippen LogP contribution < -0.4 is 15.4 Å². The zero-order chi connectivity index (χ0) is 18.6. The molecule has 2 aromatic carbocycles. The van der Waals surface area contributed by atoms with Gasteiger partial charge in [-0.05, 0) is 48.9 Å². The number of halogens is 1. The molecule has 0 aliphatic rings. The van der Waals surface area contributed by atoms with Crippen molar-refractivity contribution < 1.29 is 9.53 Å². The molecular weight excluding hydrogens is 392 g/mol. The average molecular weight is 419 g/mol. The fraction of sp³-hybridized carbons (Fsp3) is 0.381. The number of unbranched alkanes of at least 4 members (excludes halogenated alkanes) is 4. The van der Waals surface area contributed by atoms with E-state index in [0.717, 1.165) is 34.6 Å². The summed E-state index contributed by atoms with van der Waals surface area (Å²) in [6.45, 7) is 3.17. The Bertz CT molecular complexity index is 674. The van der Waals surface area contributed by atoms with Crippen LogP contribution in [0.15, 0.2) is 53.0 Å². The van der Waals surface area contributed by atoms with Crippen LogP contribution in [0, 0.1) is 0 Å². The van der Waals surface area contributed by atoms with Crippen LogP contribution in [0.1, 0.15) is 39.0 Å². The van der Waals surface area contributed by atoms with Crippen LogP contribution in [0.5, 0.6) is 5.75 Å². The summed E-state index contributed by atoms with van der Waals surface area (Å²) in [7, 11) is 0. The lowest BCUT2D eigenvalue weighted by atomic mass is 10.2. The minimum absolute atomic E-state index is 0.0884. The molecule has 0 aliphatic heterocycles. The Balaban J connectivity index is 1.68. The number of benzene rings is 2. The molecule has 0 aromatic heterocycles. The Kier molecular flexibility index (Phi) is 9.04. The number of carbonyl (C=O) groups excluding carboxylic acids is 1. The van der Waals surface area contributed by atoms with Crippen molar-refractivity contribution in [2.75, 3.05) is 23.8 Å². The van der Waals surface area contributed by atoms with E-state index in [1.54, 1.807) is 0 Å². The van der Waals surface area contributed by atoms with E-state index in [9.17, 15) is 4.79 Å². The van der Waals surface area contributed by atoms with Crippen LogP contribution in [0.3, 0.4) is 0 Å². The first kappa shape index (κ1) is 20.3. The summed E-state index contributed by atoms with van der Waals surface area (Å²) >= 11 is 3.41. The van der Waals surface area contributed by atoms with Gasteiger partial charge in [0.15, 0.2) is 0 Å². The van der Waals surface area contributed by atoms with E-state index >= 15 is 0 Å². The molecule has 0 heterocycles. The summed E-state index contributed by atoms with van der Waals surface area (Å²) in [5, 5.41) is 5.97. The van der Waals surface area contributed by atoms with Gasteiger partial charge < -0.3 is 15.4 Å². The summed E-state index contributed by atoms with van der Waals surface area (Å²) < 4.78 is 6.71. The summed E-state index contributed by atoms with van der Waals surface area (Å²) in [6, 6.07) is 15.2. The van der Waals surface area contributed by atoms with Crippen LogP contribution in [0.25, 0.3) is 0 Å². The quantitative estimate of drug-likeness (QED) is 0.450. The van der Waals surface area contributed by atoms with Crippen LogP contribution in [-0.4, -0.2) is 19.1 Å². The molecule has 0 fully saturated rings. The molecule has 140 valence electrons. The molecule has 1 amide bonds. The number of carbonyl (C=O) groups is 1. The fourth-order valence-electron chi connectivity index (χ4n) is 2.52. The van der Waals surface area contributed by atoms with Crippen LogP contribution in [-0.2, 0) is 4.79 Å². The molecule has 2 N–H and O–H groups in total. The van der Waals surface area contributed by atoms with Gasteiger partial charge in [-0.1, -0.05) is 54.6 Å². The number of nitrogens with one attached hydrogen (secondary N) is 2. The number of anilines is 2. The summed E-state index contributed by atoms with van der Waals surface area (Å²) in [5.74, 6) is 0.750. The molecule has 0 saturated carbocycles. The second-order valence-electron chi connectivity index (χ2n) is 6.20. The van der Waals surface area contributed by atoms with Crippen LogP contribution >= 0.6 is 15.9 Å². The molecule has 0 bridgehead atoms. The van der Waals surface area contributed by atoms with Crippen molar-refractivity contribution in [2.45, 2.75) is 39.0 Å². The van der Waals surface area contributed by atoms with Gasteiger partial charge in [0.1, 0.15) is 5.75 Å². The minimum atomic E-state index is -0.0884. The van der Waals surface area contributed by atoms with Crippen LogP contribution in [0.2, 0.25) is 0 Å². The van der Waals surface area contributed by atoms with Crippen molar-refractivity contribution in [3.8, 4) is 5.75 Å². The Morgan fingerprint density at radius 3 is 2.50 bits per heavy atom. The molecule has 0 aliphatic carbocycles. The van der Waals surface area contributed by atoms with Crippen molar-refractivity contribution in [3.05, 3.63) is 53.0 Å². The molecule has 0 saturated heterocycles. The molecule has 4 nitrogen and oxygen atoms in total. The van der Waals surface area contributed by atoms with E-state index < -0.39 is 0 Å². The lowest BCUT2D eigenvalue weighted by molar-refractivity contribution is -0.114. The molecule has 0 unspecified atom stereocenters. The SMILES string of the molecule is CCCCCCCOc1ccc(NC(=O)CNc2cccc(Br)c2)cc1. The summed E-state index contributed by atoms with van der Waals surface area (Å²) in [4.78, 5) is 12.0. The first-order valence-corrected chi connectivity index (χ1v) is 9.99. The van der Waals surface area contributed by atoms with Crippen molar-refractivity contribution in [3.63, 3.8) is 0 Å². The zero-order valence-corrected chi connectivity index (χ0v) is 16.8. The monoisotopic (exact) mass is 418 g/mol. The predicted octanol–water partition coefficient (Wildman–Crippen LogP) is 5.85. The van der Waals surface area contributed by atoms with Gasteiger partial charge in [0.25, 0.3) is 0 Å². The third-order valence-corrected chi connectivity index (χ3v) is 4.43. The van der Waals surface area contributed by atoms with Crippen LogP contribution in [0.4, 0.5) is 11.4 Å². The first-order valence-electron chi connectivity index (χ1n) is 9.19. The molecular formula is C21H27BrN2O2. The van der Waals surface area contributed by atoms with Gasteiger partial charge in [-0.25, -0.2) is 0 Å². The molecule has 0 atom stereocenters. The van der Waals surface area contributed by atoms with Gasteiger partial charge >= 0.3 is 0 Å². The Morgan fingerprint density at radius 1 is 1.00 bits per heavy atom. The number of amides is 1. The van der Waals surface area contributed by atoms with Gasteiger partial charge in [0.05, 0.1) is 13.2 Å². The molecule has 0 radical (unpaired) electrons. The Labute approximate surface area is 164 Å². The van der Waals surface area contributed by atoms with Gasteiger partial charge in [-0.2, -0.15) is 0 Å². The smallest absolute Gasteiger partial charge is 0.243 e. The van der Waals surface area contributed by atoms with Crippen molar-refractivity contribution in [1.29, 1.82) is 0 Å². The number of hydrogen-bond donors (Lipinski definition) is 2. The standard InChI is InChI=1S/C21H27BrN2O2/c1-2-3-4-5-6-14-26-20-12-10-18(11-13-20)24-21(25)16-23-19-9-7-8-17(22)15-19/h7-13,15,23H,2-6,14,16H2,1H3,(H,24,25). The Morgan fingerprint density at radius 2 is 1.77 bits per heavy atom. The molecule has 5 heteroatoms. The van der Waals surface area contributed by atoms with E-state index in [1.165, 1.54) is 25.7 Å². The van der Waals surface area contributed by atoms with E-state index in [0.29, 0.717) is 0 Å². The lowest BCUT2D eigenvalue weighted by Crippen LogP contribution is -2.21. The first-order chi connectivity index (χ1) is 12.7. The Hall–Kier alpha value is -2.01. The molecule has 0 spiro atoms. The highest BCUT2D eigenvalue weighted by Crippen LogP contribution is 2.17. The van der Waals surface area contributed by atoms with Gasteiger partial charge in [0, 0.05) is 15.8 Å². The maximum atomic E-state index is 12.0. The highest BCUT2D eigenvalue weighted by atomic mass is 79.9. The molecule has 2 aromatic rings. The third-order valence-electron chi connectivity index (χ3n) is 3.93. The normalized spacial score (nSPS) is 10.4. The fourth-order valence-corrected chi connectivity index (χ4v) is 2.92. The molecule has 26 heavy (non-hydrogen) atoms. The predicted molar refractivity (Wildman–Crippen MR) is 112 cm³/mol. The highest BCUT2D eigenvalue weighted by Gasteiger charge is 2.03. The second-order valence-corrected chi connectivity index (χ2v) is 7.11. The van der Waals surface area contributed by atoms with Crippen molar-refractivity contribution in [1.82, 2.24) is 0 Å². The topological polar surface area (TPSA) is 50.4 Å². The average Bonchev–Trinajstić information content (AvgIpc) is 2.64. The zero-order valence-electron chi connectivity index (χ0n) is 15.3. The third kappa shape index (κ3) is 7.91. The number of hydrogen-bond acceptors (Lipinski definition) is 3. The number of rotatable bonds is 11. The summed E-state index contributed by atoms with van der Waals surface area (Å²) in [5.41, 5.74) is 1.67. The van der Waals surface area contributed by atoms with Gasteiger partial charge in [-0.3, -0.25) is 4.79 Å². The van der Waals surface area contributed by atoms with Crippen molar-refractivity contribution >= 4 is 33.2 Å². The molecule has 2 rings (SSSR count). The minimum Gasteiger partial charge on any atom is -0.494 e. The van der Waals surface area contributed by atoms with Gasteiger partial charge in [-0.15, -0.1) is 0 Å². The number of ether oxygens (including phenoxy) is 1. The maximum absolute atomic E-state index is 12.0. The largest absolute Gasteiger partial charge is 0.494 e. The van der Waals surface area contributed by atoms with Gasteiger partial charge in [0.2, 0.25) is 5.91 Å². The second kappa shape index (κ2) is 11.6. The van der Waals surface area contributed by atoms with E-state index in [4.69, 9.17) is 4.74 Å². The summed E-state index contributed by atoms with van der Waals surface area (Å²) in [6.07, 6.45) is 6.13. The van der Waals surface area contributed by atoms with E-state index in [2.05, 4.69) is 33.5 Å². The lowest BCUT2D eigenvalue weighted by Gasteiger charge is -2.10. The maximum Gasteiger partial charge on any atom is 0.243 e. The van der Waals surface area contributed by atoms with Crippen molar-refractivity contribution in [2.24, 2.45) is 0 Å². The van der Waals surface area contributed by atoms with E-state index in [1.807, 2.05) is 48.5 Å².